The van der Waals surface area contributed by atoms with Gasteiger partial charge in [0, 0.05) is 5.56 Å². The van der Waals surface area contributed by atoms with Crippen molar-refractivity contribution in [1.29, 1.82) is 0 Å². The van der Waals surface area contributed by atoms with Crippen LogP contribution in [0.2, 0.25) is 0 Å². The number of sulfonamides is 1. The lowest BCUT2D eigenvalue weighted by Gasteiger charge is -2.34. The fraction of sp³-hybridized carbons (Fsp3) is 0.160. The van der Waals surface area contributed by atoms with E-state index >= 15 is 0 Å². The fourth-order valence-electron chi connectivity index (χ4n) is 3.72. The van der Waals surface area contributed by atoms with E-state index in [1.165, 1.54) is 27.8 Å². The lowest BCUT2D eigenvalue weighted by molar-refractivity contribution is -0.122. The number of carbonyl (C=O) groups is 1. The number of hydrogen-bond acceptors (Lipinski definition) is 7. The summed E-state index contributed by atoms with van der Waals surface area (Å²) in [7, 11) is -3.92. The molecule has 10 heteroatoms. The van der Waals surface area contributed by atoms with Gasteiger partial charge in [0.15, 0.2) is 6.10 Å². The summed E-state index contributed by atoms with van der Waals surface area (Å²) >= 11 is 1.23. The van der Waals surface area contributed by atoms with Crippen molar-refractivity contribution in [3.8, 4) is 16.3 Å². The summed E-state index contributed by atoms with van der Waals surface area (Å²) in [5, 5.41) is 11.9. The van der Waals surface area contributed by atoms with Gasteiger partial charge in [-0.1, -0.05) is 65.4 Å². The van der Waals surface area contributed by atoms with Crippen LogP contribution in [0.25, 0.3) is 10.6 Å². The van der Waals surface area contributed by atoms with Gasteiger partial charge in [-0.3, -0.25) is 14.4 Å². The quantitative estimate of drug-likeness (QED) is 0.430. The normalized spacial score (nSPS) is 15.3. The first kappa shape index (κ1) is 23.0. The molecule has 0 saturated heterocycles. The number of ether oxygens (including phenoxy) is 1. The van der Waals surface area contributed by atoms with Gasteiger partial charge in [0.25, 0.3) is 15.9 Å². The van der Waals surface area contributed by atoms with E-state index in [4.69, 9.17) is 4.74 Å². The number of hydrogen-bond donors (Lipinski definition) is 1. The first-order valence-electron chi connectivity index (χ1n) is 10.9. The van der Waals surface area contributed by atoms with Crippen molar-refractivity contribution in [3.63, 3.8) is 0 Å². The second-order valence-electron chi connectivity index (χ2n) is 8.19. The van der Waals surface area contributed by atoms with Crippen LogP contribution in [0.15, 0.2) is 77.7 Å². The Hall–Kier alpha value is -3.76. The molecule has 1 aliphatic heterocycles. The second-order valence-corrected chi connectivity index (χ2v) is 11.0. The van der Waals surface area contributed by atoms with Crippen molar-refractivity contribution < 1.29 is 17.9 Å². The van der Waals surface area contributed by atoms with Crippen LogP contribution in [-0.4, -0.2) is 37.2 Å². The Bertz CT molecular complexity index is 1490. The van der Waals surface area contributed by atoms with Crippen molar-refractivity contribution in [3.05, 3.63) is 83.9 Å². The number of aromatic nitrogens is 2. The largest absolute Gasteiger partial charge is 0.476 e. The Morgan fingerprint density at radius 2 is 1.71 bits per heavy atom. The molecule has 2 heterocycles. The number of rotatable bonds is 5. The number of fused-ring (bicyclic) bond motifs is 1. The molecule has 8 nitrogen and oxygen atoms in total. The highest BCUT2D eigenvalue weighted by atomic mass is 32.2. The van der Waals surface area contributed by atoms with Gasteiger partial charge in [-0.05, 0) is 43.7 Å². The average Bonchev–Trinajstić information content (AvgIpc) is 3.32. The van der Waals surface area contributed by atoms with Crippen molar-refractivity contribution in [2.75, 3.05) is 16.2 Å². The van der Waals surface area contributed by atoms with Crippen LogP contribution in [0.4, 0.5) is 10.8 Å². The maximum atomic E-state index is 13.5. The maximum Gasteiger partial charge on any atom is 0.269 e. The van der Waals surface area contributed by atoms with Gasteiger partial charge >= 0.3 is 0 Å². The SMILES string of the molecule is Cc1ccc(-c2nnc(NC(=O)[C@H]3CN(S(=O)(=O)c4ccccc4)c4cc(C)ccc4O3)s2)cc1. The lowest BCUT2D eigenvalue weighted by atomic mass is 10.1. The van der Waals surface area contributed by atoms with Gasteiger partial charge in [-0.2, -0.15) is 0 Å². The zero-order valence-corrected chi connectivity index (χ0v) is 20.6. The highest BCUT2D eigenvalue weighted by Crippen LogP contribution is 2.38. The molecule has 178 valence electrons. The first-order valence-corrected chi connectivity index (χ1v) is 13.1. The van der Waals surface area contributed by atoms with Gasteiger partial charge in [0.05, 0.1) is 17.1 Å². The van der Waals surface area contributed by atoms with Crippen molar-refractivity contribution in [2.24, 2.45) is 0 Å². The van der Waals surface area contributed by atoms with Crippen LogP contribution in [0.5, 0.6) is 5.75 Å². The van der Waals surface area contributed by atoms with Gasteiger partial charge in [0.2, 0.25) is 5.13 Å². The number of nitrogens with one attached hydrogen (secondary N) is 1. The summed E-state index contributed by atoms with van der Waals surface area (Å²) in [4.78, 5) is 13.3. The smallest absolute Gasteiger partial charge is 0.269 e. The molecule has 0 fully saturated rings. The van der Waals surface area contributed by atoms with Crippen molar-refractivity contribution in [1.82, 2.24) is 10.2 Å². The Kier molecular flexibility index (Phi) is 6.00. The van der Waals surface area contributed by atoms with Crippen LogP contribution in [-0.2, 0) is 14.8 Å². The molecule has 0 bridgehead atoms. The minimum atomic E-state index is -3.92. The van der Waals surface area contributed by atoms with Crippen LogP contribution < -0.4 is 14.4 Å². The number of aryl methyl sites for hydroxylation is 2. The molecule has 1 atom stereocenters. The molecule has 0 aliphatic carbocycles. The third-order valence-electron chi connectivity index (χ3n) is 5.56. The summed E-state index contributed by atoms with van der Waals surface area (Å²) in [5.41, 5.74) is 3.30. The highest BCUT2D eigenvalue weighted by molar-refractivity contribution is 7.92. The average molecular weight is 507 g/mol. The number of anilines is 2. The highest BCUT2D eigenvalue weighted by Gasteiger charge is 2.38. The predicted molar refractivity (Wildman–Crippen MR) is 135 cm³/mol. The summed E-state index contributed by atoms with van der Waals surface area (Å²) in [6.07, 6.45) is -1.07. The first-order chi connectivity index (χ1) is 16.8. The van der Waals surface area contributed by atoms with E-state index in [1.54, 1.807) is 30.3 Å². The minimum Gasteiger partial charge on any atom is -0.476 e. The van der Waals surface area contributed by atoms with E-state index in [0.29, 0.717) is 21.6 Å². The van der Waals surface area contributed by atoms with Crippen molar-refractivity contribution in [2.45, 2.75) is 24.8 Å². The molecule has 3 aromatic carbocycles. The Morgan fingerprint density at radius 3 is 2.46 bits per heavy atom. The summed E-state index contributed by atoms with van der Waals surface area (Å²) in [6.45, 7) is 3.69. The molecule has 1 aromatic heterocycles. The lowest BCUT2D eigenvalue weighted by Crippen LogP contribution is -2.48. The topological polar surface area (TPSA) is 101 Å². The number of carbonyl (C=O) groups excluding carboxylic acids is 1. The van der Waals surface area contributed by atoms with Crippen LogP contribution in [0.3, 0.4) is 0 Å². The van der Waals surface area contributed by atoms with Crippen LogP contribution in [0.1, 0.15) is 11.1 Å². The molecular weight excluding hydrogens is 484 g/mol. The summed E-state index contributed by atoms with van der Waals surface area (Å²) in [6, 6.07) is 21.2. The Labute approximate surface area is 207 Å². The zero-order valence-electron chi connectivity index (χ0n) is 19.0. The molecular formula is C25H22N4O4S2. The maximum absolute atomic E-state index is 13.5. The number of nitrogens with zero attached hydrogens (tertiary/aromatic N) is 3. The third-order valence-corrected chi connectivity index (χ3v) is 8.24. The van der Waals surface area contributed by atoms with Gasteiger partial charge in [0.1, 0.15) is 10.8 Å². The molecule has 35 heavy (non-hydrogen) atoms. The van der Waals surface area contributed by atoms with Crippen molar-refractivity contribution >= 4 is 38.1 Å². The van der Waals surface area contributed by atoms with E-state index in [1.807, 2.05) is 44.2 Å². The Morgan fingerprint density at radius 1 is 1.00 bits per heavy atom. The standard InChI is InChI=1S/C25H22N4O4S2/c1-16-8-11-18(12-9-16)24-27-28-25(34-24)26-23(30)22-15-29(20-14-17(2)10-13-21(20)33-22)35(31,32)19-6-4-3-5-7-19/h3-14,22H,15H2,1-2H3,(H,26,28,30)/t22-/m1/s1. The number of amides is 1. The van der Waals surface area contributed by atoms with Gasteiger partial charge < -0.3 is 4.74 Å². The molecule has 0 saturated carbocycles. The van der Waals surface area contributed by atoms with Crippen LogP contribution in [0, 0.1) is 13.8 Å². The molecule has 0 spiro atoms. The van der Waals surface area contributed by atoms with Gasteiger partial charge in [-0.25, -0.2) is 8.42 Å². The molecule has 1 aliphatic rings. The van der Waals surface area contributed by atoms with Crippen LogP contribution >= 0.6 is 11.3 Å². The molecule has 4 aromatic rings. The fourth-order valence-corrected chi connectivity index (χ4v) is 5.96. The number of benzene rings is 3. The van der Waals surface area contributed by atoms with Gasteiger partial charge in [-0.15, -0.1) is 10.2 Å². The van der Waals surface area contributed by atoms with E-state index in [9.17, 15) is 13.2 Å². The predicted octanol–water partition coefficient (Wildman–Crippen LogP) is 4.42. The van der Waals surface area contributed by atoms with E-state index in [-0.39, 0.29) is 11.4 Å². The molecule has 0 unspecified atom stereocenters. The molecule has 1 N–H and O–H groups in total. The zero-order chi connectivity index (χ0) is 24.6. The molecule has 1 amide bonds. The minimum absolute atomic E-state index is 0.139. The summed E-state index contributed by atoms with van der Waals surface area (Å²) < 4.78 is 34.1. The molecule has 5 rings (SSSR count). The van der Waals surface area contributed by atoms with E-state index in [0.717, 1.165) is 16.7 Å². The third kappa shape index (κ3) is 4.62. The van der Waals surface area contributed by atoms with E-state index < -0.39 is 22.0 Å². The van der Waals surface area contributed by atoms with E-state index in [2.05, 4.69) is 15.5 Å². The summed E-state index contributed by atoms with van der Waals surface area (Å²) in [5.74, 6) is -0.185. The Balaban J connectivity index is 1.41. The second kappa shape index (κ2) is 9.12. The monoisotopic (exact) mass is 506 g/mol. The molecule has 0 radical (unpaired) electrons.